The van der Waals surface area contributed by atoms with Crippen LogP contribution in [-0.2, 0) is 12.2 Å². The zero-order chi connectivity index (χ0) is 18.0. The number of hydrogen-bond donors (Lipinski definition) is 1. The quantitative estimate of drug-likeness (QED) is 0.756. The Bertz CT molecular complexity index is 821. The lowest BCUT2D eigenvalue weighted by atomic mass is 9.98. The summed E-state index contributed by atoms with van der Waals surface area (Å²) in [6, 6.07) is 0. The number of likely N-dealkylation sites (tertiary alicyclic amines) is 1. The van der Waals surface area contributed by atoms with Gasteiger partial charge in [-0.15, -0.1) is 11.3 Å². The highest BCUT2D eigenvalue weighted by atomic mass is 32.2. The molecule has 0 amide bonds. The molecule has 1 atom stereocenters. The minimum atomic E-state index is -0.00431. The van der Waals surface area contributed by atoms with Gasteiger partial charge in [0.1, 0.15) is 15.0 Å². The number of rotatable bonds is 5. The molecule has 1 aliphatic rings. The zero-order valence-electron chi connectivity index (χ0n) is 15.1. The van der Waals surface area contributed by atoms with Crippen molar-refractivity contribution in [3.63, 3.8) is 0 Å². The Kier molecular flexibility index (Phi) is 6.17. The van der Waals surface area contributed by atoms with Crippen LogP contribution < -0.4 is 5.56 Å². The first-order valence-corrected chi connectivity index (χ1v) is 11.1. The van der Waals surface area contributed by atoms with Gasteiger partial charge in [0.05, 0.1) is 11.1 Å². The predicted octanol–water partition coefficient (Wildman–Crippen LogP) is 4.50. The first kappa shape index (κ1) is 18.9. The Morgan fingerprint density at radius 1 is 1.44 bits per heavy atom. The molecule has 0 bridgehead atoms. The molecule has 1 saturated heterocycles. The number of thiophene rings is 1. The molecule has 25 heavy (non-hydrogen) atoms. The highest BCUT2D eigenvalue weighted by Gasteiger charge is 2.18. The predicted molar refractivity (Wildman–Crippen MR) is 113 cm³/mol. The molecular weight excluding hydrogens is 370 g/mol. The molecular formula is C18H25N3OS3. The second-order valence-electron chi connectivity index (χ2n) is 6.80. The molecule has 0 spiro atoms. The Morgan fingerprint density at radius 3 is 2.84 bits per heavy atom. The maximum absolute atomic E-state index is 12.7. The molecule has 2 aromatic heterocycles. The first-order valence-electron chi connectivity index (χ1n) is 8.92. The smallest absolute Gasteiger partial charge is 0.259 e. The Morgan fingerprint density at radius 2 is 2.16 bits per heavy atom. The van der Waals surface area contributed by atoms with Gasteiger partial charge in [0, 0.05) is 18.0 Å². The number of fused-ring (bicyclic) bond motifs is 1. The van der Waals surface area contributed by atoms with E-state index >= 15 is 0 Å². The monoisotopic (exact) mass is 395 g/mol. The van der Waals surface area contributed by atoms with Gasteiger partial charge in [-0.05, 0) is 37.7 Å². The Hall–Kier alpha value is -0.920. The highest BCUT2D eigenvalue weighted by molar-refractivity contribution is 8.22. The lowest BCUT2D eigenvalue weighted by molar-refractivity contribution is 0.539. The molecule has 1 N–H and O–H groups in total. The number of thiocarbonyl (C=S) groups is 1. The summed E-state index contributed by atoms with van der Waals surface area (Å²) in [5.41, 5.74) is 1.17. The molecule has 0 saturated carbocycles. The molecule has 2 aromatic rings. The van der Waals surface area contributed by atoms with Gasteiger partial charge in [0.25, 0.3) is 5.56 Å². The SMILES string of the molecule is CC[C@H](C)Cc1c(C)sc2nc(CSC(=S)N3CCCC3)[nH]c(=O)c12. The van der Waals surface area contributed by atoms with E-state index in [0.717, 1.165) is 46.3 Å². The van der Waals surface area contributed by atoms with Crippen molar-refractivity contribution >= 4 is 49.9 Å². The molecule has 1 aliphatic heterocycles. The molecule has 0 radical (unpaired) electrons. The molecule has 3 rings (SSSR count). The van der Waals surface area contributed by atoms with Crippen LogP contribution in [0.5, 0.6) is 0 Å². The number of aromatic nitrogens is 2. The number of aromatic amines is 1. The summed E-state index contributed by atoms with van der Waals surface area (Å²) in [4.78, 5) is 24.7. The second-order valence-corrected chi connectivity index (χ2v) is 9.61. The number of thioether (sulfide) groups is 1. The number of hydrogen-bond acceptors (Lipinski definition) is 5. The largest absolute Gasteiger partial charge is 0.358 e. The molecule has 136 valence electrons. The summed E-state index contributed by atoms with van der Waals surface area (Å²) >= 11 is 8.73. The van der Waals surface area contributed by atoms with Crippen molar-refractivity contribution < 1.29 is 0 Å². The third kappa shape index (κ3) is 4.26. The van der Waals surface area contributed by atoms with Gasteiger partial charge in [-0.1, -0.05) is 44.2 Å². The van der Waals surface area contributed by atoms with E-state index in [-0.39, 0.29) is 5.56 Å². The van der Waals surface area contributed by atoms with Crippen LogP contribution in [-0.4, -0.2) is 32.3 Å². The van der Waals surface area contributed by atoms with Gasteiger partial charge in [0.2, 0.25) is 0 Å². The summed E-state index contributed by atoms with van der Waals surface area (Å²) in [5.74, 6) is 1.92. The van der Waals surface area contributed by atoms with Gasteiger partial charge < -0.3 is 9.88 Å². The average molecular weight is 396 g/mol. The molecule has 0 aliphatic carbocycles. The van der Waals surface area contributed by atoms with E-state index in [9.17, 15) is 4.79 Å². The molecule has 0 unspecified atom stereocenters. The van der Waals surface area contributed by atoms with E-state index < -0.39 is 0 Å². The van der Waals surface area contributed by atoms with Crippen LogP contribution in [0.2, 0.25) is 0 Å². The normalized spacial score (nSPS) is 15.9. The Labute approximate surface area is 162 Å². The number of nitrogens with one attached hydrogen (secondary N) is 1. The minimum absolute atomic E-state index is 0.00431. The molecule has 3 heterocycles. The fourth-order valence-corrected chi connectivity index (χ4v) is 5.34. The highest BCUT2D eigenvalue weighted by Crippen LogP contribution is 2.30. The fourth-order valence-electron chi connectivity index (χ4n) is 3.15. The van der Waals surface area contributed by atoms with E-state index in [1.165, 1.54) is 23.3 Å². The molecule has 7 heteroatoms. The number of nitrogens with zero attached hydrogens (tertiary/aromatic N) is 2. The van der Waals surface area contributed by atoms with Crippen LogP contribution in [0.25, 0.3) is 10.2 Å². The maximum atomic E-state index is 12.7. The van der Waals surface area contributed by atoms with Crippen molar-refractivity contribution in [3.8, 4) is 0 Å². The van der Waals surface area contributed by atoms with Crippen LogP contribution in [0.4, 0.5) is 0 Å². The van der Waals surface area contributed by atoms with Gasteiger partial charge >= 0.3 is 0 Å². The van der Waals surface area contributed by atoms with Crippen LogP contribution in [0.15, 0.2) is 4.79 Å². The average Bonchev–Trinajstić information content (AvgIpc) is 3.21. The van der Waals surface area contributed by atoms with Gasteiger partial charge in [-0.3, -0.25) is 4.79 Å². The number of H-pyrrole nitrogens is 1. The lowest BCUT2D eigenvalue weighted by Gasteiger charge is -2.17. The van der Waals surface area contributed by atoms with E-state index in [4.69, 9.17) is 17.2 Å². The van der Waals surface area contributed by atoms with E-state index in [0.29, 0.717) is 11.7 Å². The summed E-state index contributed by atoms with van der Waals surface area (Å²) in [5, 5.41) is 0.790. The third-order valence-corrected chi connectivity index (χ3v) is 7.43. The number of aryl methyl sites for hydroxylation is 1. The van der Waals surface area contributed by atoms with Crippen LogP contribution >= 0.6 is 35.3 Å². The second kappa shape index (κ2) is 8.18. The molecule has 0 aromatic carbocycles. The van der Waals surface area contributed by atoms with E-state index in [2.05, 4.69) is 30.7 Å². The van der Waals surface area contributed by atoms with Gasteiger partial charge in [-0.25, -0.2) is 4.98 Å². The van der Waals surface area contributed by atoms with Crippen molar-refractivity contribution in [2.24, 2.45) is 5.92 Å². The van der Waals surface area contributed by atoms with Crippen LogP contribution in [0.1, 0.15) is 49.4 Å². The first-order chi connectivity index (χ1) is 12.0. The maximum Gasteiger partial charge on any atom is 0.259 e. The van der Waals surface area contributed by atoms with Gasteiger partial charge in [0.15, 0.2) is 0 Å². The lowest BCUT2D eigenvalue weighted by Crippen LogP contribution is -2.23. The van der Waals surface area contributed by atoms with E-state index in [1.54, 1.807) is 23.1 Å². The van der Waals surface area contributed by atoms with Crippen LogP contribution in [0.3, 0.4) is 0 Å². The molecule has 4 nitrogen and oxygen atoms in total. The van der Waals surface area contributed by atoms with Crippen LogP contribution in [0, 0.1) is 12.8 Å². The van der Waals surface area contributed by atoms with Crippen molar-refractivity contribution in [2.45, 2.75) is 52.2 Å². The van der Waals surface area contributed by atoms with Crippen molar-refractivity contribution in [3.05, 3.63) is 26.6 Å². The third-order valence-electron chi connectivity index (χ3n) is 4.86. The van der Waals surface area contributed by atoms with Crippen molar-refractivity contribution in [1.82, 2.24) is 14.9 Å². The fraction of sp³-hybridized carbons (Fsp3) is 0.611. The van der Waals surface area contributed by atoms with Crippen molar-refractivity contribution in [2.75, 3.05) is 13.1 Å². The standard InChI is InChI=1S/C18H25N3OS3/c1-4-11(2)9-13-12(3)25-17-15(13)16(22)19-14(20-17)10-24-18(23)21-7-5-6-8-21/h11H,4-10H2,1-3H3,(H,19,20,22)/t11-/m0/s1. The summed E-state index contributed by atoms with van der Waals surface area (Å²) in [6.07, 6.45) is 4.50. The minimum Gasteiger partial charge on any atom is -0.358 e. The summed E-state index contributed by atoms with van der Waals surface area (Å²) < 4.78 is 0.917. The van der Waals surface area contributed by atoms with Gasteiger partial charge in [-0.2, -0.15) is 0 Å². The summed E-state index contributed by atoms with van der Waals surface area (Å²) in [6.45, 7) is 8.63. The topological polar surface area (TPSA) is 49.0 Å². The zero-order valence-corrected chi connectivity index (χ0v) is 17.5. The summed E-state index contributed by atoms with van der Waals surface area (Å²) in [7, 11) is 0. The Balaban J connectivity index is 1.80. The van der Waals surface area contributed by atoms with E-state index in [1.807, 2.05) is 0 Å². The molecule has 1 fully saturated rings. The van der Waals surface area contributed by atoms with Crippen molar-refractivity contribution in [1.29, 1.82) is 0 Å².